The Kier molecular flexibility index (Phi) is 5.71. The molecular formula is C10H16BrNO. The molecule has 1 heterocycles. The van der Waals surface area contributed by atoms with Gasteiger partial charge in [-0.2, -0.15) is 0 Å². The molecule has 0 spiro atoms. The van der Waals surface area contributed by atoms with E-state index in [0.29, 0.717) is 5.88 Å². The van der Waals surface area contributed by atoms with Gasteiger partial charge in [-0.1, -0.05) is 13.8 Å². The molecule has 0 N–H and O–H groups in total. The van der Waals surface area contributed by atoms with Crippen LogP contribution in [-0.2, 0) is 0 Å². The van der Waals surface area contributed by atoms with Crippen molar-refractivity contribution in [3.8, 4) is 5.88 Å². The lowest BCUT2D eigenvalue weighted by molar-refractivity contribution is 0.394. The predicted octanol–water partition coefficient (Wildman–Crippen LogP) is 3.50. The maximum atomic E-state index is 5.02. The molecule has 0 aromatic carbocycles. The first kappa shape index (κ1) is 12.4. The van der Waals surface area contributed by atoms with E-state index in [2.05, 4.69) is 20.9 Å². The fraction of sp³-hybridized carbons (Fsp3) is 0.500. The molecule has 0 aliphatic rings. The fourth-order valence-electron chi connectivity index (χ4n) is 0.793. The normalized spacial score (nSPS) is 8.77. The molecule has 0 bridgehead atoms. The second-order valence-corrected chi connectivity index (χ2v) is 3.24. The van der Waals surface area contributed by atoms with E-state index in [1.54, 1.807) is 7.11 Å². The summed E-state index contributed by atoms with van der Waals surface area (Å²) in [4.78, 5) is 4.22. The highest BCUT2D eigenvalue weighted by Crippen LogP contribution is 2.23. The molecule has 1 rings (SSSR count). The molecule has 0 aliphatic carbocycles. The molecular weight excluding hydrogens is 230 g/mol. The van der Waals surface area contributed by atoms with Gasteiger partial charge in [-0.05, 0) is 41.4 Å². The van der Waals surface area contributed by atoms with Crippen molar-refractivity contribution in [3.63, 3.8) is 0 Å². The van der Waals surface area contributed by atoms with Gasteiger partial charge in [0.05, 0.1) is 11.6 Å². The van der Waals surface area contributed by atoms with Crippen molar-refractivity contribution in [2.75, 3.05) is 7.11 Å². The minimum Gasteiger partial charge on any atom is -0.480 e. The van der Waals surface area contributed by atoms with Crippen LogP contribution in [-0.4, -0.2) is 12.1 Å². The molecule has 0 fully saturated rings. The summed E-state index contributed by atoms with van der Waals surface area (Å²) in [7, 11) is 1.61. The van der Waals surface area contributed by atoms with Gasteiger partial charge >= 0.3 is 0 Å². The molecule has 1 aromatic heterocycles. The SMILES string of the molecule is CC.COc1nc(C)c(C)cc1Br. The molecule has 0 unspecified atom stereocenters. The number of hydrogen-bond acceptors (Lipinski definition) is 2. The van der Waals surface area contributed by atoms with Crippen LogP contribution in [0.2, 0.25) is 0 Å². The molecule has 0 aliphatic heterocycles. The second kappa shape index (κ2) is 5.97. The smallest absolute Gasteiger partial charge is 0.227 e. The topological polar surface area (TPSA) is 22.1 Å². The summed E-state index contributed by atoms with van der Waals surface area (Å²) in [5, 5.41) is 0. The Hall–Kier alpha value is -0.570. The van der Waals surface area contributed by atoms with Crippen molar-refractivity contribution in [1.29, 1.82) is 0 Å². The van der Waals surface area contributed by atoms with Crippen LogP contribution in [0.4, 0.5) is 0 Å². The van der Waals surface area contributed by atoms with Gasteiger partial charge in [-0.15, -0.1) is 0 Å². The van der Waals surface area contributed by atoms with Gasteiger partial charge in [0.2, 0.25) is 5.88 Å². The highest BCUT2D eigenvalue weighted by atomic mass is 79.9. The van der Waals surface area contributed by atoms with Crippen LogP contribution in [0.5, 0.6) is 5.88 Å². The number of nitrogens with zero attached hydrogens (tertiary/aromatic N) is 1. The number of ether oxygens (including phenoxy) is 1. The lowest BCUT2D eigenvalue weighted by atomic mass is 10.2. The zero-order chi connectivity index (χ0) is 10.4. The summed E-state index contributed by atoms with van der Waals surface area (Å²) in [6.45, 7) is 7.98. The van der Waals surface area contributed by atoms with Crippen LogP contribution in [0.15, 0.2) is 10.5 Å². The molecule has 1 aromatic rings. The first-order valence-corrected chi connectivity index (χ1v) is 5.12. The maximum absolute atomic E-state index is 5.02. The number of aromatic nitrogens is 1. The maximum Gasteiger partial charge on any atom is 0.227 e. The number of pyridine rings is 1. The highest BCUT2D eigenvalue weighted by Gasteiger charge is 2.03. The summed E-state index contributed by atoms with van der Waals surface area (Å²) in [5.74, 6) is 0.646. The van der Waals surface area contributed by atoms with Crippen molar-refractivity contribution >= 4 is 15.9 Å². The van der Waals surface area contributed by atoms with E-state index in [9.17, 15) is 0 Å². The zero-order valence-electron chi connectivity index (χ0n) is 8.81. The van der Waals surface area contributed by atoms with E-state index in [-0.39, 0.29) is 0 Å². The molecule has 74 valence electrons. The van der Waals surface area contributed by atoms with Crippen LogP contribution < -0.4 is 4.74 Å². The van der Waals surface area contributed by atoms with Crippen LogP contribution in [0, 0.1) is 13.8 Å². The van der Waals surface area contributed by atoms with Gasteiger partial charge < -0.3 is 4.74 Å². The van der Waals surface area contributed by atoms with Gasteiger partial charge in [-0.25, -0.2) is 4.98 Å². The monoisotopic (exact) mass is 245 g/mol. The highest BCUT2D eigenvalue weighted by molar-refractivity contribution is 9.10. The van der Waals surface area contributed by atoms with E-state index in [1.165, 1.54) is 0 Å². The van der Waals surface area contributed by atoms with Crippen molar-refractivity contribution in [1.82, 2.24) is 4.98 Å². The summed E-state index contributed by atoms with van der Waals surface area (Å²) in [6, 6.07) is 2.00. The van der Waals surface area contributed by atoms with E-state index in [4.69, 9.17) is 4.74 Å². The number of halogens is 1. The standard InChI is InChI=1S/C8H10BrNO.C2H6/c1-5-4-7(9)8(11-3)10-6(5)2;1-2/h4H,1-3H3;1-2H3. The molecule has 0 radical (unpaired) electrons. The molecule has 13 heavy (non-hydrogen) atoms. The second-order valence-electron chi connectivity index (χ2n) is 2.38. The Labute approximate surface area is 88.5 Å². The average molecular weight is 246 g/mol. The summed E-state index contributed by atoms with van der Waals surface area (Å²) in [5.41, 5.74) is 2.17. The zero-order valence-corrected chi connectivity index (χ0v) is 10.4. The first-order chi connectivity index (χ1) is 6.15. The van der Waals surface area contributed by atoms with Gasteiger partial charge in [0, 0.05) is 5.69 Å². The Balaban J connectivity index is 0.000000671. The van der Waals surface area contributed by atoms with Gasteiger partial charge in [0.15, 0.2) is 0 Å². The number of aryl methyl sites for hydroxylation is 2. The Morgan fingerprint density at radius 2 is 1.85 bits per heavy atom. The minimum absolute atomic E-state index is 0.646. The summed E-state index contributed by atoms with van der Waals surface area (Å²) in [6.07, 6.45) is 0. The first-order valence-electron chi connectivity index (χ1n) is 4.33. The minimum atomic E-state index is 0.646. The number of methoxy groups -OCH3 is 1. The Morgan fingerprint density at radius 1 is 1.31 bits per heavy atom. The molecule has 0 amide bonds. The van der Waals surface area contributed by atoms with E-state index in [0.717, 1.165) is 15.7 Å². The Bertz CT molecular complexity index is 274. The Morgan fingerprint density at radius 3 is 2.31 bits per heavy atom. The number of rotatable bonds is 1. The van der Waals surface area contributed by atoms with Gasteiger partial charge in [0.1, 0.15) is 0 Å². The van der Waals surface area contributed by atoms with Crippen molar-refractivity contribution in [3.05, 3.63) is 21.8 Å². The van der Waals surface area contributed by atoms with Crippen LogP contribution in [0.3, 0.4) is 0 Å². The lowest BCUT2D eigenvalue weighted by Gasteiger charge is -2.04. The number of hydrogen-bond donors (Lipinski definition) is 0. The summed E-state index contributed by atoms with van der Waals surface area (Å²) >= 11 is 3.35. The van der Waals surface area contributed by atoms with Crippen molar-refractivity contribution < 1.29 is 4.74 Å². The molecule has 3 heteroatoms. The van der Waals surface area contributed by atoms with E-state index >= 15 is 0 Å². The van der Waals surface area contributed by atoms with Crippen LogP contribution >= 0.6 is 15.9 Å². The molecule has 0 atom stereocenters. The molecule has 0 saturated heterocycles. The van der Waals surface area contributed by atoms with Crippen molar-refractivity contribution in [2.24, 2.45) is 0 Å². The van der Waals surface area contributed by atoms with Gasteiger partial charge in [-0.3, -0.25) is 0 Å². The third-order valence-corrected chi connectivity index (χ3v) is 2.15. The third kappa shape index (κ3) is 3.35. The van der Waals surface area contributed by atoms with E-state index in [1.807, 2.05) is 33.8 Å². The average Bonchev–Trinajstić information content (AvgIpc) is 2.15. The lowest BCUT2D eigenvalue weighted by Crippen LogP contribution is -1.93. The van der Waals surface area contributed by atoms with Crippen LogP contribution in [0.25, 0.3) is 0 Å². The third-order valence-electron chi connectivity index (χ3n) is 1.58. The molecule has 2 nitrogen and oxygen atoms in total. The van der Waals surface area contributed by atoms with Crippen molar-refractivity contribution in [2.45, 2.75) is 27.7 Å². The van der Waals surface area contributed by atoms with Gasteiger partial charge in [0.25, 0.3) is 0 Å². The van der Waals surface area contributed by atoms with E-state index < -0.39 is 0 Å². The predicted molar refractivity (Wildman–Crippen MR) is 59.3 cm³/mol. The fourth-order valence-corrected chi connectivity index (χ4v) is 1.39. The molecule has 0 saturated carbocycles. The van der Waals surface area contributed by atoms with Crippen LogP contribution in [0.1, 0.15) is 25.1 Å². The largest absolute Gasteiger partial charge is 0.480 e. The quantitative estimate of drug-likeness (QED) is 0.756. The summed E-state index contributed by atoms with van der Waals surface area (Å²) < 4.78 is 5.93.